The van der Waals surface area contributed by atoms with Crippen LogP contribution in [0.25, 0.3) is 11.1 Å². The Bertz CT molecular complexity index is 1190. The quantitative estimate of drug-likeness (QED) is 0.384. The highest BCUT2D eigenvalue weighted by Crippen LogP contribution is 2.57. The van der Waals surface area contributed by atoms with Crippen molar-refractivity contribution in [2.24, 2.45) is 0 Å². The lowest BCUT2D eigenvalue weighted by Crippen LogP contribution is -2.31. The summed E-state index contributed by atoms with van der Waals surface area (Å²) in [6.45, 7) is 0.611. The van der Waals surface area contributed by atoms with Crippen LogP contribution in [-0.4, -0.2) is 44.0 Å². The van der Waals surface area contributed by atoms with Gasteiger partial charge in [-0.15, -0.1) is 0 Å². The van der Waals surface area contributed by atoms with Crippen LogP contribution in [0.4, 0.5) is 0 Å². The molecule has 1 heterocycles. The van der Waals surface area contributed by atoms with Gasteiger partial charge in [0.25, 0.3) is 0 Å². The van der Waals surface area contributed by atoms with Gasteiger partial charge in [-0.1, -0.05) is 18.2 Å². The van der Waals surface area contributed by atoms with Crippen LogP contribution < -0.4 is 0 Å². The van der Waals surface area contributed by atoms with Gasteiger partial charge in [0.05, 0.1) is 6.42 Å². The van der Waals surface area contributed by atoms with Crippen molar-refractivity contribution in [3.8, 4) is 11.1 Å². The highest BCUT2D eigenvalue weighted by atomic mass is 127. The summed E-state index contributed by atoms with van der Waals surface area (Å²) in [5, 5.41) is 27.9. The molecular weight excluding hydrogens is 553 g/mol. The second-order valence-corrected chi connectivity index (χ2v) is 10.1. The lowest BCUT2D eigenvalue weighted by Gasteiger charge is -2.33. The Morgan fingerprint density at radius 1 is 0.794 bits per heavy atom. The third kappa shape index (κ3) is 4.40. The van der Waals surface area contributed by atoms with E-state index in [1.807, 2.05) is 30.3 Å². The number of carboxylic acid groups (broad SMARTS) is 3. The van der Waals surface area contributed by atoms with Gasteiger partial charge in [-0.25, -0.2) is 0 Å². The van der Waals surface area contributed by atoms with Crippen molar-refractivity contribution in [1.82, 2.24) is 4.90 Å². The number of carbonyl (C=O) groups excluding carboxylic acids is 1. The molecule has 0 bridgehead atoms. The van der Waals surface area contributed by atoms with Gasteiger partial charge in [-0.05, 0) is 80.9 Å². The second-order valence-electron chi connectivity index (χ2n) is 8.84. The van der Waals surface area contributed by atoms with Crippen molar-refractivity contribution < 1.29 is 34.5 Å². The summed E-state index contributed by atoms with van der Waals surface area (Å²) in [5.74, 6) is -3.13. The Balaban J connectivity index is 1.88. The molecule has 2 aliphatic rings. The molecular formula is C25H24INO7. The lowest BCUT2D eigenvalue weighted by molar-refractivity contribution is -0.141. The molecule has 2 aromatic rings. The van der Waals surface area contributed by atoms with Crippen molar-refractivity contribution in [3.63, 3.8) is 0 Å². The number of aliphatic carboxylic acids is 3. The molecule has 0 spiro atoms. The number of nitrogens with zero attached hydrogens (tertiary/aromatic N) is 1. The third-order valence-electron chi connectivity index (χ3n) is 6.78. The maximum atomic E-state index is 12.9. The van der Waals surface area contributed by atoms with E-state index < -0.39 is 23.3 Å². The first-order valence-electron chi connectivity index (χ1n) is 11.0. The molecule has 3 N–H and O–H groups in total. The SMILES string of the molecule is O=C(O)CCC(=O)N1Cc2cccc3c2-c2c(cc(I)cc2C3(CCC(=O)O)CCC(=O)O)C1. The average molecular weight is 577 g/mol. The van der Waals surface area contributed by atoms with Gasteiger partial charge in [0.1, 0.15) is 0 Å². The van der Waals surface area contributed by atoms with E-state index in [1.165, 1.54) is 0 Å². The fourth-order valence-corrected chi connectivity index (χ4v) is 6.04. The Labute approximate surface area is 209 Å². The Morgan fingerprint density at radius 2 is 1.38 bits per heavy atom. The van der Waals surface area contributed by atoms with E-state index in [1.54, 1.807) is 4.90 Å². The molecule has 0 saturated carbocycles. The number of hydrogen-bond donors (Lipinski definition) is 3. The van der Waals surface area contributed by atoms with Crippen molar-refractivity contribution in [2.75, 3.05) is 0 Å². The smallest absolute Gasteiger partial charge is 0.303 e. The molecule has 0 saturated heterocycles. The van der Waals surface area contributed by atoms with Gasteiger partial charge >= 0.3 is 17.9 Å². The lowest BCUT2D eigenvalue weighted by atomic mass is 9.71. The van der Waals surface area contributed by atoms with Gasteiger partial charge in [-0.3, -0.25) is 19.2 Å². The molecule has 0 unspecified atom stereocenters. The summed E-state index contributed by atoms with van der Waals surface area (Å²) >= 11 is 2.19. The number of carbonyl (C=O) groups is 4. The predicted molar refractivity (Wildman–Crippen MR) is 130 cm³/mol. The van der Waals surface area contributed by atoms with Crippen LogP contribution >= 0.6 is 22.6 Å². The van der Waals surface area contributed by atoms with E-state index >= 15 is 0 Å². The molecule has 0 radical (unpaired) electrons. The van der Waals surface area contributed by atoms with Crippen molar-refractivity contribution in [2.45, 2.75) is 57.0 Å². The first-order chi connectivity index (χ1) is 16.1. The zero-order valence-electron chi connectivity index (χ0n) is 18.3. The molecule has 1 aliphatic carbocycles. The Morgan fingerprint density at radius 3 is 2.00 bits per heavy atom. The number of halogens is 1. The largest absolute Gasteiger partial charge is 0.481 e. The standard InChI is InChI=1S/C25H24INO7/c26-16-10-15-13-27(19(28)4-5-20(29)30)12-14-2-1-3-17-23(14)24(15)18(11-16)25(17,8-6-21(31)32)9-7-22(33)34/h1-3,10-11H,4-9,12-13H2,(H,29,30)(H,31,32)(H,33,34). The Hall–Kier alpha value is -2.95. The molecule has 1 amide bonds. The molecule has 1 aliphatic heterocycles. The summed E-state index contributed by atoms with van der Waals surface area (Å²) in [5.41, 5.74) is 4.79. The number of carboxylic acids is 3. The Kier molecular flexibility index (Phi) is 6.66. The van der Waals surface area contributed by atoms with Crippen LogP contribution in [0.2, 0.25) is 0 Å². The number of hydrogen-bond acceptors (Lipinski definition) is 4. The topological polar surface area (TPSA) is 132 Å². The summed E-state index contributed by atoms with van der Waals surface area (Å²) in [7, 11) is 0. The minimum absolute atomic E-state index is 0.0857. The first kappa shape index (κ1) is 24.2. The van der Waals surface area contributed by atoms with Crippen LogP contribution in [0, 0.1) is 3.57 Å². The second kappa shape index (κ2) is 9.36. The molecule has 0 fully saturated rings. The van der Waals surface area contributed by atoms with E-state index in [4.69, 9.17) is 5.11 Å². The van der Waals surface area contributed by atoms with Gasteiger partial charge in [0.2, 0.25) is 5.91 Å². The van der Waals surface area contributed by atoms with E-state index in [0.29, 0.717) is 13.1 Å². The molecule has 2 aromatic carbocycles. The average Bonchev–Trinajstić information content (AvgIpc) is 2.92. The van der Waals surface area contributed by atoms with Crippen LogP contribution in [0.3, 0.4) is 0 Å². The normalized spacial score (nSPS) is 14.9. The fourth-order valence-electron chi connectivity index (χ4n) is 5.35. The van der Waals surface area contributed by atoms with Crippen LogP contribution in [0.1, 0.15) is 60.8 Å². The summed E-state index contributed by atoms with van der Waals surface area (Å²) in [4.78, 5) is 48.6. The van der Waals surface area contributed by atoms with Crippen molar-refractivity contribution in [1.29, 1.82) is 0 Å². The maximum Gasteiger partial charge on any atom is 0.303 e. The number of benzene rings is 2. The first-order valence-corrected chi connectivity index (χ1v) is 12.1. The van der Waals surface area contributed by atoms with Crippen LogP contribution in [0.5, 0.6) is 0 Å². The summed E-state index contributed by atoms with van der Waals surface area (Å²) < 4.78 is 0.913. The minimum Gasteiger partial charge on any atom is -0.481 e. The predicted octanol–water partition coefficient (Wildman–Crippen LogP) is 3.99. The zero-order chi connectivity index (χ0) is 24.6. The van der Waals surface area contributed by atoms with Gasteiger partial charge < -0.3 is 20.2 Å². The van der Waals surface area contributed by atoms with Crippen molar-refractivity contribution >= 4 is 46.4 Å². The molecule has 34 heavy (non-hydrogen) atoms. The van der Waals surface area contributed by atoms with E-state index in [2.05, 4.69) is 22.6 Å². The van der Waals surface area contributed by atoms with Gasteiger partial charge in [0, 0.05) is 41.3 Å². The highest BCUT2D eigenvalue weighted by Gasteiger charge is 2.46. The highest BCUT2D eigenvalue weighted by molar-refractivity contribution is 14.1. The third-order valence-corrected chi connectivity index (χ3v) is 7.40. The number of rotatable bonds is 9. The monoisotopic (exact) mass is 577 g/mol. The van der Waals surface area contributed by atoms with Gasteiger partial charge in [0.15, 0.2) is 0 Å². The maximum absolute atomic E-state index is 12.9. The molecule has 9 heteroatoms. The summed E-state index contributed by atoms with van der Waals surface area (Å²) in [6.07, 6.45) is 0.0458. The molecule has 0 aromatic heterocycles. The van der Waals surface area contributed by atoms with E-state index in [-0.39, 0.29) is 44.4 Å². The van der Waals surface area contributed by atoms with Gasteiger partial charge in [-0.2, -0.15) is 0 Å². The van der Waals surface area contributed by atoms with Crippen molar-refractivity contribution in [3.05, 3.63) is 56.2 Å². The molecule has 178 valence electrons. The molecule has 8 nitrogen and oxygen atoms in total. The summed E-state index contributed by atoms with van der Waals surface area (Å²) in [6, 6.07) is 9.74. The van der Waals surface area contributed by atoms with E-state index in [9.17, 15) is 29.4 Å². The molecule has 4 rings (SSSR count). The molecule has 0 atom stereocenters. The fraction of sp³-hybridized carbons (Fsp3) is 0.360. The zero-order valence-corrected chi connectivity index (χ0v) is 20.5. The van der Waals surface area contributed by atoms with E-state index in [0.717, 1.165) is 37.0 Å². The van der Waals surface area contributed by atoms with Crippen LogP contribution in [-0.2, 0) is 37.7 Å². The number of amides is 1. The minimum atomic E-state index is -1.02. The van der Waals surface area contributed by atoms with Crippen LogP contribution in [0.15, 0.2) is 30.3 Å².